The van der Waals surface area contributed by atoms with Gasteiger partial charge in [-0.15, -0.1) is 0 Å². The van der Waals surface area contributed by atoms with Crippen LogP contribution in [-0.4, -0.2) is 12.6 Å². The molecule has 0 aliphatic rings. The highest BCUT2D eigenvalue weighted by Gasteiger charge is 2.07. The Morgan fingerprint density at radius 1 is 1.05 bits per heavy atom. The maximum Gasteiger partial charge on any atom is 0.330 e. The Balaban J connectivity index is 1.82. The summed E-state index contributed by atoms with van der Waals surface area (Å²) in [4.78, 5) is 11.6. The van der Waals surface area contributed by atoms with Crippen LogP contribution in [-0.2, 0) is 9.53 Å². The van der Waals surface area contributed by atoms with E-state index >= 15 is 0 Å². The van der Waals surface area contributed by atoms with Gasteiger partial charge in [-0.1, -0.05) is 67.6 Å². The first kappa shape index (κ1) is 14.1. The second-order valence-electron chi connectivity index (χ2n) is 4.69. The summed E-state index contributed by atoms with van der Waals surface area (Å²) in [7, 11) is 0. The van der Waals surface area contributed by atoms with Crippen LogP contribution in [0, 0.1) is 0 Å². The van der Waals surface area contributed by atoms with E-state index in [1.807, 2.05) is 67.6 Å². The predicted octanol–water partition coefficient (Wildman–Crippen LogP) is 4.05. The van der Waals surface area contributed by atoms with Crippen LogP contribution in [0.25, 0.3) is 6.08 Å². The molecule has 102 valence electrons. The van der Waals surface area contributed by atoms with Gasteiger partial charge in [-0.3, -0.25) is 0 Å². The molecule has 2 aromatic rings. The predicted molar refractivity (Wildman–Crippen MR) is 81.3 cm³/mol. The summed E-state index contributed by atoms with van der Waals surface area (Å²) in [6.45, 7) is 2.44. The van der Waals surface area contributed by atoms with Crippen LogP contribution in [0.4, 0.5) is 0 Å². The first-order valence-electron chi connectivity index (χ1n) is 6.70. The number of benzene rings is 2. The zero-order valence-corrected chi connectivity index (χ0v) is 11.5. The smallest absolute Gasteiger partial charge is 0.330 e. The molecule has 0 N–H and O–H groups in total. The Bertz CT molecular complexity index is 558. The summed E-state index contributed by atoms with van der Waals surface area (Å²) < 4.78 is 5.25. The minimum atomic E-state index is -0.309. The Morgan fingerprint density at radius 3 is 2.30 bits per heavy atom. The third-order valence-electron chi connectivity index (χ3n) is 3.06. The van der Waals surface area contributed by atoms with Crippen LogP contribution in [0.2, 0.25) is 0 Å². The SMILES string of the molecule is C[C@H](COC(=O)/C=C\c1ccccc1)c1ccccc1. The Hall–Kier alpha value is -2.35. The number of hydrogen-bond donors (Lipinski definition) is 0. The molecule has 0 amide bonds. The second kappa shape index (κ2) is 7.29. The first-order valence-corrected chi connectivity index (χ1v) is 6.70. The second-order valence-corrected chi connectivity index (χ2v) is 4.69. The van der Waals surface area contributed by atoms with Gasteiger partial charge >= 0.3 is 5.97 Å². The summed E-state index contributed by atoms with van der Waals surface area (Å²) >= 11 is 0. The van der Waals surface area contributed by atoms with Gasteiger partial charge < -0.3 is 4.74 Å². The molecule has 0 spiro atoms. The van der Waals surface area contributed by atoms with Crippen molar-refractivity contribution in [2.75, 3.05) is 6.61 Å². The van der Waals surface area contributed by atoms with Crippen molar-refractivity contribution in [2.45, 2.75) is 12.8 Å². The number of carbonyl (C=O) groups is 1. The monoisotopic (exact) mass is 266 g/mol. The molecule has 2 nitrogen and oxygen atoms in total. The van der Waals surface area contributed by atoms with Crippen molar-refractivity contribution in [3.8, 4) is 0 Å². The largest absolute Gasteiger partial charge is 0.462 e. The number of carbonyl (C=O) groups excluding carboxylic acids is 1. The van der Waals surface area contributed by atoms with Gasteiger partial charge in [-0.05, 0) is 17.2 Å². The van der Waals surface area contributed by atoms with Crippen LogP contribution >= 0.6 is 0 Å². The lowest BCUT2D eigenvalue weighted by atomic mass is 10.0. The lowest BCUT2D eigenvalue weighted by Crippen LogP contribution is -2.08. The fraction of sp³-hybridized carbons (Fsp3) is 0.167. The van der Waals surface area contributed by atoms with E-state index in [0.29, 0.717) is 6.61 Å². The topological polar surface area (TPSA) is 26.3 Å². The molecule has 0 saturated carbocycles. The van der Waals surface area contributed by atoms with Crippen LogP contribution in [0.15, 0.2) is 66.7 Å². The zero-order valence-electron chi connectivity index (χ0n) is 11.5. The average molecular weight is 266 g/mol. The Kier molecular flexibility index (Phi) is 5.13. The van der Waals surface area contributed by atoms with Crippen LogP contribution in [0.1, 0.15) is 24.0 Å². The Morgan fingerprint density at radius 2 is 1.65 bits per heavy atom. The van der Waals surface area contributed by atoms with Gasteiger partial charge in [0, 0.05) is 12.0 Å². The molecule has 0 heterocycles. The van der Waals surface area contributed by atoms with Crippen LogP contribution < -0.4 is 0 Å². The van der Waals surface area contributed by atoms with Crippen molar-refractivity contribution in [3.05, 3.63) is 77.9 Å². The minimum Gasteiger partial charge on any atom is -0.462 e. The molecule has 1 atom stereocenters. The van der Waals surface area contributed by atoms with Crippen molar-refractivity contribution in [2.24, 2.45) is 0 Å². The molecule has 2 aromatic carbocycles. The highest BCUT2D eigenvalue weighted by Crippen LogP contribution is 2.14. The normalized spacial score (nSPS) is 12.2. The fourth-order valence-corrected chi connectivity index (χ4v) is 1.86. The number of ether oxygens (including phenoxy) is 1. The van der Waals surface area contributed by atoms with E-state index in [1.54, 1.807) is 6.08 Å². The van der Waals surface area contributed by atoms with Gasteiger partial charge in [-0.25, -0.2) is 4.79 Å². The van der Waals surface area contributed by atoms with E-state index in [2.05, 4.69) is 0 Å². The highest BCUT2D eigenvalue weighted by molar-refractivity contribution is 5.87. The highest BCUT2D eigenvalue weighted by atomic mass is 16.5. The molecular weight excluding hydrogens is 248 g/mol. The number of hydrogen-bond acceptors (Lipinski definition) is 2. The molecule has 0 radical (unpaired) electrons. The third-order valence-corrected chi connectivity index (χ3v) is 3.06. The third kappa shape index (κ3) is 4.39. The average Bonchev–Trinajstić information content (AvgIpc) is 2.52. The van der Waals surface area contributed by atoms with Gasteiger partial charge in [0.1, 0.15) is 0 Å². The number of esters is 1. The molecular formula is C18H18O2. The molecule has 20 heavy (non-hydrogen) atoms. The first-order chi connectivity index (χ1) is 9.75. The Labute approximate surface area is 119 Å². The van der Waals surface area contributed by atoms with Crippen LogP contribution in [0.3, 0.4) is 0 Å². The molecule has 0 bridgehead atoms. The molecule has 0 fully saturated rings. The molecule has 0 aliphatic carbocycles. The summed E-state index contributed by atoms with van der Waals surface area (Å²) in [5.74, 6) is -0.109. The van der Waals surface area contributed by atoms with Gasteiger partial charge in [-0.2, -0.15) is 0 Å². The summed E-state index contributed by atoms with van der Waals surface area (Å²) in [5, 5.41) is 0. The molecule has 0 aliphatic heterocycles. The quantitative estimate of drug-likeness (QED) is 0.603. The lowest BCUT2D eigenvalue weighted by Gasteiger charge is -2.11. The fourth-order valence-electron chi connectivity index (χ4n) is 1.86. The van der Waals surface area contributed by atoms with Gasteiger partial charge in [0.2, 0.25) is 0 Å². The van der Waals surface area contributed by atoms with Crippen molar-refractivity contribution in [1.29, 1.82) is 0 Å². The molecule has 0 unspecified atom stereocenters. The van der Waals surface area contributed by atoms with E-state index < -0.39 is 0 Å². The minimum absolute atomic E-state index is 0.199. The zero-order chi connectivity index (χ0) is 14.2. The summed E-state index contributed by atoms with van der Waals surface area (Å²) in [6, 6.07) is 19.7. The molecule has 2 rings (SSSR count). The van der Waals surface area contributed by atoms with E-state index in [9.17, 15) is 4.79 Å². The van der Waals surface area contributed by atoms with Gasteiger partial charge in [0.25, 0.3) is 0 Å². The molecule has 0 saturated heterocycles. The van der Waals surface area contributed by atoms with E-state index in [-0.39, 0.29) is 11.9 Å². The molecule has 0 aromatic heterocycles. The van der Waals surface area contributed by atoms with Crippen molar-refractivity contribution < 1.29 is 9.53 Å². The number of rotatable bonds is 5. The van der Waals surface area contributed by atoms with Gasteiger partial charge in [0.05, 0.1) is 6.61 Å². The summed E-state index contributed by atoms with van der Waals surface area (Å²) in [6.07, 6.45) is 3.22. The maximum atomic E-state index is 11.6. The van der Waals surface area contributed by atoms with Gasteiger partial charge in [0.15, 0.2) is 0 Å². The standard InChI is InChI=1S/C18H18O2/c1-15(17-10-6-3-7-11-17)14-20-18(19)13-12-16-8-4-2-5-9-16/h2-13,15H,14H2,1H3/b13-12-/t15-/m1/s1. The molecule has 2 heteroatoms. The van der Waals surface area contributed by atoms with E-state index in [0.717, 1.165) is 5.56 Å². The van der Waals surface area contributed by atoms with Crippen molar-refractivity contribution in [1.82, 2.24) is 0 Å². The van der Waals surface area contributed by atoms with E-state index in [1.165, 1.54) is 11.6 Å². The maximum absolute atomic E-state index is 11.6. The lowest BCUT2D eigenvalue weighted by molar-refractivity contribution is -0.138. The van der Waals surface area contributed by atoms with Crippen molar-refractivity contribution >= 4 is 12.0 Å². The van der Waals surface area contributed by atoms with Crippen LogP contribution in [0.5, 0.6) is 0 Å². The van der Waals surface area contributed by atoms with E-state index in [4.69, 9.17) is 4.74 Å². The van der Waals surface area contributed by atoms with Crippen molar-refractivity contribution in [3.63, 3.8) is 0 Å². The summed E-state index contributed by atoms with van der Waals surface area (Å²) in [5.41, 5.74) is 2.16.